The number of hydrogen-bond acceptors (Lipinski definition) is 2. The Hall–Kier alpha value is -1.51. The summed E-state index contributed by atoms with van der Waals surface area (Å²) >= 11 is 5.98. The van der Waals surface area contributed by atoms with E-state index in [0.717, 1.165) is 29.3 Å². The molecular formula is C18H22ClNO. The van der Waals surface area contributed by atoms with Gasteiger partial charge in [0.1, 0.15) is 12.4 Å². The van der Waals surface area contributed by atoms with E-state index in [4.69, 9.17) is 16.3 Å². The highest BCUT2D eigenvalue weighted by molar-refractivity contribution is 6.30. The molecule has 0 amide bonds. The van der Waals surface area contributed by atoms with Gasteiger partial charge in [-0.05, 0) is 55.3 Å². The molecule has 3 heteroatoms. The highest BCUT2D eigenvalue weighted by Gasteiger charge is 2.05. The van der Waals surface area contributed by atoms with Gasteiger partial charge in [-0.3, -0.25) is 0 Å². The van der Waals surface area contributed by atoms with E-state index < -0.39 is 0 Å². The molecule has 2 aromatic rings. The van der Waals surface area contributed by atoms with Crippen LogP contribution in [0.25, 0.3) is 0 Å². The first kappa shape index (κ1) is 15.9. The topological polar surface area (TPSA) is 21.3 Å². The lowest BCUT2D eigenvalue weighted by Gasteiger charge is -2.15. The maximum atomic E-state index is 5.98. The molecule has 2 nitrogen and oxygen atoms in total. The van der Waals surface area contributed by atoms with Gasteiger partial charge in [0.05, 0.1) is 0 Å². The van der Waals surface area contributed by atoms with Gasteiger partial charge in [0, 0.05) is 11.1 Å². The third-order valence-corrected chi connectivity index (χ3v) is 3.59. The fourth-order valence-corrected chi connectivity index (χ4v) is 2.36. The molecule has 2 rings (SSSR count). The van der Waals surface area contributed by atoms with Crippen molar-refractivity contribution >= 4 is 11.6 Å². The Morgan fingerprint density at radius 1 is 1.14 bits per heavy atom. The highest BCUT2D eigenvalue weighted by atomic mass is 35.5. The summed E-state index contributed by atoms with van der Waals surface area (Å²) in [5, 5.41) is 4.22. The molecule has 0 heterocycles. The summed E-state index contributed by atoms with van der Waals surface area (Å²) in [6.07, 6.45) is 1.13. The summed E-state index contributed by atoms with van der Waals surface area (Å²) in [6, 6.07) is 16.3. The number of halogens is 1. The van der Waals surface area contributed by atoms with Crippen molar-refractivity contribution in [1.82, 2.24) is 5.32 Å². The fraction of sp³-hybridized carbons (Fsp3) is 0.333. The number of rotatable bonds is 7. The summed E-state index contributed by atoms with van der Waals surface area (Å²) in [7, 11) is 0. The van der Waals surface area contributed by atoms with Crippen LogP contribution in [0.1, 0.15) is 37.4 Å². The zero-order valence-electron chi connectivity index (χ0n) is 12.6. The maximum Gasteiger partial charge on any atom is 0.120 e. The molecule has 0 aliphatic rings. The maximum absolute atomic E-state index is 5.98. The third-order valence-electron chi connectivity index (χ3n) is 3.35. The number of nitrogens with one attached hydrogen (secondary N) is 1. The van der Waals surface area contributed by atoms with Crippen LogP contribution in [0.5, 0.6) is 5.75 Å². The van der Waals surface area contributed by atoms with Crippen molar-refractivity contribution in [2.75, 3.05) is 6.54 Å². The van der Waals surface area contributed by atoms with Gasteiger partial charge in [0.15, 0.2) is 0 Å². The van der Waals surface area contributed by atoms with Crippen LogP contribution in [0.15, 0.2) is 48.5 Å². The summed E-state index contributed by atoms with van der Waals surface area (Å²) in [5.41, 5.74) is 2.32. The molecule has 0 radical (unpaired) electrons. The molecule has 21 heavy (non-hydrogen) atoms. The predicted octanol–water partition coefficient (Wildman–Crippen LogP) is 4.98. The van der Waals surface area contributed by atoms with Crippen molar-refractivity contribution in [3.8, 4) is 5.75 Å². The van der Waals surface area contributed by atoms with Crippen LogP contribution in [0, 0.1) is 0 Å². The summed E-state index contributed by atoms with van der Waals surface area (Å²) in [6.45, 7) is 5.89. The Bertz CT molecular complexity index is 571. The second kappa shape index (κ2) is 8.06. The van der Waals surface area contributed by atoms with Crippen LogP contribution >= 0.6 is 11.6 Å². The molecule has 0 aromatic heterocycles. The lowest BCUT2D eigenvalue weighted by molar-refractivity contribution is 0.305. The molecular weight excluding hydrogens is 282 g/mol. The Labute approximate surface area is 132 Å². The molecule has 0 spiro atoms. The van der Waals surface area contributed by atoms with Gasteiger partial charge in [0.25, 0.3) is 0 Å². The third kappa shape index (κ3) is 5.07. The van der Waals surface area contributed by atoms with Crippen molar-refractivity contribution in [2.24, 2.45) is 0 Å². The molecule has 0 fully saturated rings. The second-order valence-corrected chi connectivity index (χ2v) is 5.60. The van der Waals surface area contributed by atoms with E-state index in [1.54, 1.807) is 0 Å². The molecule has 112 valence electrons. The second-order valence-electron chi connectivity index (χ2n) is 5.17. The molecule has 0 aliphatic carbocycles. The minimum Gasteiger partial charge on any atom is -0.489 e. The Kier molecular flexibility index (Phi) is 6.09. The van der Waals surface area contributed by atoms with Crippen molar-refractivity contribution in [1.29, 1.82) is 0 Å². The van der Waals surface area contributed by atoms with Crippen molar-refractivity contribution in [3.05, 3.63) is 64.7 Å². The molecule has 1 N–H and O–H groups in total. The van der Waals surface area contributed by atoms with Crippen LogP contribution in [-0.2, 0) is 6.61 Å². The van der Waals surface area contributed by atoms with E-state index in [2.05, 4.69) is 31.3 Å². The number of benzene rings is 2. The molecule has 1 atom stereocenters. The lowest BCUT2D eigenvalue weighted by Crippen LogP contribution is -2.19. The van der Waals surface area contributed by atoms with E-state index in [-0.39, 0.29) is 0 Å². The predicted molar refractivity (Wildman–Crippen MR) is 88.9 cm³/mol. The van der Waals surface area contributed by atoms with Crippen LogP contribution in [0.2, 0.25) is 5.02 Å². The molecule has 2 aromatic carbocycles. The fourth-order valence-electron chi connectivity index (χ4n) is 2.15. The van der Waals surface area contributed by atoms with E-state index in [1.165, 1.54) is 5.56 Å². The van der Waals surface area contributed by atoms with Crippen molar-refractivity contribution in [3.63, 3.8) is 0 Å². The molecule has 0 aliphatic heterocycles. The minimum absolute atomic E-state index is 0.333. The van der Waals surface area contributed by atoms with Gasteiger partial charge >= 0.3 is 0 Å². The minimum atomic E-state index is 0.333. The van der Waals surface area contributed by atoms with Gasteiger partial charge in [-0.15, -0.1) is 0 Å². The average molecular weight is 304 g/mol. The Morgan fingerprint density at radius 3 is 2.71 bits per heavy atom. The van der Waals surface area contributed by atoms with E-state index in [9.17, 15) is 0 Å². The molecule has 0 saturated carbocycles. The zero-order chi connectivity index (χ0) is 15.1. The van der Waals surface area contributed by atoms with Crippen LogP contribution in [0.3, 0.4) is 0 Å². The van der Waals surface area contributed by atoms with E-state index in [1.807, 2.05) is 36.4 Å². The zero-order valence-corrected chi connectivity index (χ0v) is 13.4. The molecule has 0 bridgehead atoms. The van der Waals surface area contributed by atoms with E-state index in [0.29, 0.717) is 12.6 Å². The molecule has 1 unspecified atom stereocenters. The highest BCUT2D eigenvalue weighted by Crippen LogP contribution is 2.20. The van der Waals surface area contributed by atoms with Crippen molar-refractivity contribution < 1.29 is 4.74 Å². The molecule has 0 saturated heterocycles. The van der Waals surface area contributed by atoms with Crippen LogP contribution in [-0.4, -0.2) is 6.54 Å². The Balaban J connectivity index is 1.97. The first-order chi connectivity index (χ1) is 10.2. The summed E-state index contributed by atoms with van der Waals surface area (Å²) in [4.78, 5) is 0. The standard InChI is InChI=1S/C18H22ClNO/c1-3-10-20-14(2)16-7-5-9-18(12-16)21-13-15-6-4-8-17(19)11-15/h4-9,11-12,14,20H,3,10,13H2,1-2H3. The van der Waals surface area contributed by atoms with Crippen LogP contribution < -0.4 is 10.1 Å². The summed E-state index contributed by atoms with van der Waals surface area (Å²) < 4.78 is 5.86. The Morgan fingerprint density at radius 2 is 1.95 bits per heavy atom. The van der Waals surface area contributed by atoms with Crippen LogP contribution in [0.4, 0.5) is 0 Å². The summed E-state index contributed by atoms with van der Waals surface area (Å²) in [5.74, 6) is 0.887. The number of hydrogen-bond donors (Lipinski definition) is 1. The van der Waals surface area contributed by atoms with Gasteiger partial charge < -0.3 is 10.1 Å². The quantitative estimate of drug-likeness (QED) is 0.779. The van der Waals surface area contributed by atoms with Gasteiger partial charge in [-0.1, -0.05) is 42.8 Å². The normalized spacial score (nSPS) is 12.1. The van der Waals surface area contributed by atoms with Crippen molar-refractivity contribution in [2.45, 2.75) is 32.9 Å². The van der Waals surface area contributed by atoms with Gasteiger partial charge in [-0.25, -0.2) is 0 Å². The number of ether oxygens (including phenoxy) is 1. The first-order valence-corrected chi connectivity index (χ1v) is 7.77. The first-order valence-electron chi connectivity index (χ1n) is 7.39. The monoisotopic (exact) mass is 303 g/mol. The lowest BCUT2D eigenvalue weighted by atomic mass is 10.1. The SMILES string of the molecule is CCCNC(C)c1cccc(OCc2cccc(Cl)c2)c1. The largest absolute Gasteiger partial charge is 0.489 e. The average Bonchev–Trinajstić information content (AvgIpc) is 2.51. The van der Waals surface area contributed by atoms with Gasteiger partial charge in [-0.2, -0.15) is 0 Å². The smallest absolute Gasteiger partial charge is 0.120 e. The van der Waals surface area contributed by atoms with Gasteiger partial charge in [0.2, 0.25) is 0 Å². The van der Waals surface area contributed by atoms with E-state index >= 15 is 0 Å².